The van der Waals surface area contributed by atoms with Gasteiger partial charge in [0.15, 0.2) is 6.10 Å². The van der Waals surface area contributed by atoms with Crippen LogP contribution in [0, 0.1) is 0 Å². The van der Waals surface area contributed by atoms with Gasteiger partial charge in [-0.25, -0.2) is 4.98 Å². The Morgan fingerprint density at radius 2 is 2.20 bits per heavy atom. The molecule has 1 saturated heterocycles. The third-order valence-electron chi connectivity index (χ3n) is 4.51. The van der Waals surface area contributed by atoms with Crippen LogP contribution in [0.4, 0.5) is 5.82 Å². The van der Waals surface area contributed by atoms with Crippen LogP contribution in [-0.4, -0.2) is 54.0 Å². The van der Waals surface area contributed by atoms with Crippen molar-refractivity contribution in [2.75, 3.05) is 25.0 Å². The third kappa shape index (κ3) is 5.33. The zero-order chi connectivity index (χ0) is 18.4. The Labute approximate surface area is 154 Å². The number of likely N-dealkylation sites (N-methyl/N-ethyl adjacent to an activating group) is 1. The number of amides is 1. The number of likely N-dealkylation sites (tertiary alicyclic amines) is 1. The van der Waals surface area contributed by atoms with Crippen molar-refractivity contribution in [1.29, 1.82) is 0 Å². The molecule has 25 heavy (non-hydrogen) atoms. The lowest BCUT2D eigenvalue weighted by molar-refractivity contribution is -0.159. The van der Waals surface area contributed by atoms with E-state index in [0.29, 0.717) is 10.8 Å². The lowest BCUT2D eigenvalue weighted by Gasteiger charge is -2.36. The van der Waals surface area contributed by atoms with E-state index in [1.165, 1.54) is 6.20 Å². The summed E-state index contributed by atoms with van der Waals surface area (Å²) in [4.78, 5) is 32.4. The molecule has 6 nitrogen and oxygen atoms in total. The molecule has 1 fully saturated rings. The molecule has 1 aromatic heterocycles. The summed E-state index contributed by atoms with van der Waals surface area (Å²) in [5, 5.41) is 0.533. The maximum atomic E-state index is 12.6. The number of pyridine rings is 1. The molecule has 1 amide bonds. The quantitative estimate of drug-likeness (QED) is 0.723. The summed E-state index contributed by atoms with van der Waals surface area (Å²) >= 11 is 5.81. The highest BCUT2D eigenvalue weighted by molar-refractivity contribution is 6.30. The van der Waals surface area contributed by atoms with E-state index in [-0.39, 0.29) is 18.5 Å². The predicted molar refractivity (Wildman–Crippen MR) is 97.7 cm³/mol. The number of esters is 1. The van der Waals surface area contributed by atoms with Crippen molar-refractivity contribution in [1.82, 2.24) is 9.88 Å². The maximum absolute atomic E-state index is 12.6. The second-order valence-corrected chi connectivity index (χ2v) is 6.85. The molecule has 7 heteroatoms. The molecule has 0 radical (unpaired) electrons. The Kier molecular flexibility index (Phi) is 7.05. The number of nitrogens with zero attached hydrogens (tertiary/aromatic N) is 3. The summed E-state index contributed by atoms with van der Waals surface area (Å²) in [5.41, 5.74) is 0. The first-order chi connectivity index (χ1) is 11.9. The van der Waals surface area contributed by atoms with E-state index in [1.807, 2.05) is 4.90 Å². The van der Waals surface area contributed by atoms with E-state index in [0.717, 1.165) is 32.2 Å². The highest BCUT2D eigenvalue weighted by Gasteiger charge is 2.30. The zero-order valence-electron chi connectivity index (χ0n) is 15.1. The van der Waals surface area contributed by atoms with Gasteiger partial charge in [0.1, 0.15) is 12.4 Å². The molecule has 1 aliphatic heterocycles. The molecule has 2 atom stereocenters. The van der Waals surface area contributed by atoms with Gasteiger partial charge in [-0.3, -0.25) is 9.59 Å². The molecule has 0 spiro atoms. The van der Waals surface area contributed by atoms with Crippen LogP contribution < -0.4 is 4.90 Å². The Morgan fingerprint density at radius 1 is 1.44 bits per heavy atom. The molecule has 0 bridgehead atoms. The molecular weight excluding hydrogens is 342 g/mol. The summed E-state index contributed by atoms with van der Waals surface area (Å²) < 4.78 is 5.35. The molecule has 1 aromatic rings. The van der Waals surface area contributed by atoms with Crippen molar-refractivity contribution in [2.24, 2.45) is 0 Å². The molecule has 0 unspecified atom stereocenters. The predicted octanol–water partition coefficient (Wildman–Crippen LogP) is 2.89. The normalized spacial score (nSPS) is 18.6. The Hall–Kier alpha value is -1.82. The first kappa shape index (κ1) is 19.5. The van der Waals surface area contributed by atoms with Crippen LogP contribution in [0.1, 0.15) is 39.5 Å². The number of rotatable bonds is 6. The smallest absolute Gasteiger partial charge is 0.326 e. The number of halogens is 1. The Balaban J connectivity index is 1.88. The van der Waals surface area contributed by atoms with Crippen LogP contribution in [0.2, 0.25) is 5.02 Å². The first-order valence-corrected chi connectivity index (χ1v) is 9.12. The summed E-state index contributed by atoms with van der Waals surface area (Å²) in [7, 11) is 1.74. The Morgan fingerprint density at radius 3 is 2.84 bits per heavy atom. The van der Waals surface area contributed by atoms with Gasteiger partial charge < -0.3 is 14.5 Å². The largest absolute Gasteiger partial charge is 0.451 e. The number of carbonyl (C=O) groups is 2. The van der Waals surface area contributed by atoms with E-state index in [9.17, 15) is 9.59 Å². The van der Waals surface area contributed by atoms with Crippen LogP contribution in [0.15, 0.2) is 18.3 Å². The first-order valence-electron chi connectivity index (χ1n) is 8.75. The topological polar surface area (TPSA) is 62.7 Å². The average molecular weight is 368 g/mol. The highest BCUT2D eigenvalue weighted by Crippen LogP contribution is 2.21. The van der Waals surface area contributed by atoms with Gasteiger partial charge >= 0.3 is 5.97 Å². The molecule has 2 heterocycles. The van der Waals surface area contributed by atoms with Gasteiger partial charge in [-0.2, -0.15) is 0 Å². The number of hydrogen-bond donors (Lipinski definition) is 0. The van der Waals surface area contributed by atoms with Gasteiger partial charge in [-0.15, -0.1) is 0 Å². The molecule has 0 aliphatic carbocycles. The van der Waals surface area contributed by atoms with Crippen molar-refractivity contribution < 1.29 is 14.3 Å². The number of ether oxygens (including phenoxy) is 1. The van der Waals surface area contributed by atoms with Crippen LogP contribution in [0.25, 0.3) is 0 Å². The molecular formula is C18H26ClN3O3. The number of anilines is 1. The van der Waals surface area contributed by atoms with Gasteiger partial charge in [0.25, 0.3) is 5.91 Å². The molecule has 0 saturated carbocycles. The Bertz CT molecular complexity index is 594. The van der Waals surface area contributed by atoms with E-state index < -0.39 is 12.1 Å². The zero-order valence-corrected chi connectivity index (χ0v) is 15.8. The minimum absolute atomic E-state index is 0.0173. The van der Waals surface area contributed by atoms with Gasteiger partial charge in [-0.05, 0) is 44.7 Å². The molecule has 0 N–H and O–H groups in total. The summed E-state index contributed by atoms with van der Waals surface area (Å²) in [6.07, 6.45) is 4.85. The fourth-order valence-electron chi connectivity index (χ4n) is 3.10. The van der Waals surface area contributed by atoms with Crippen LogP contribution in [0.3, 0.4) is 0 Å². The number of piperidine rings is 1. The van der Waals surface area contributed by atoms with Crippen molar-refractivity contribution in [3.8, 4) is 0 Å². The minimum atomic E-state index is -0.772. The van der Waals surface area contributed by atoms with Gasteiger partial charge in [-0.1, -0.05) is 18.5 Å². The molecule has 2 rings (SSSR count). The highest BCUT2D eigenvalue weighted by atomic mass is 35.5. The lowest BCUT2D eigenvalue weighted by Crippen LogP contribution is -2.48. The molecule has 0 aromatic carbocycles. The number of hydrogen-bond acceptors (Lipinski definition) is 5. The van der Waals surface area contributed by atoms with E-state index in [4.69, 9.17) is 16.3 Å². The monoisotopic (exact) mass is 367 g/mol. The van der Waals surface area contributed by atoms with Crippen molar-refractivity contribution in [3.63, 3.8) is 0 Å². The molecule has 138 valence electrons. The van der Waals surface area contributed by atoms with Crippen molar-refractivity contribution in [2.45, 2.75) is 51.7 Å². The van der Waals surface area contributed by atoms with E-state index >= 15 is 0 Å². The third-order valence-corrected chi connectivity index (χ3v) is 4.73. The van der Waals surface area contributed by atoms with Crippen LogP contribution in [-0.2, 0) is 14.3 Å². The standard InChI is InChI=1S/C18H26ClN3O3/c1-4-15-7-5-6-10-22(15)18(24)13(2)25-17(23)12-21(3)16-9-8-14(19)11-20-16/h8-9,11,13,15H,4-7,10,12H2,1-3H3/t13-,15-/m0/s1. The maximum Gasteiger partial charge on any atom is 0.326 e. The van der Waals surface area contributed by atoms with Gasteiger partial charge in [0, 0.05) is 25.8 Å². The van der Waals surface area contributed by atoms with Crippen molar-refractivity contribution >= 4 is 29.3 Å². The van der Waals surface area contributed by atoms with Crippen LogP contribution >= 0.6 is 11.6 Å². The second kappa shape index (κ2) is 9.04. The van der Waals surface area contributed by atoms with E-state index in [1.54, 1.807) is 31.0 Å². The van der Waals surface area contributed by atoms with Gasteiger partial charge in [0.05, 0.1) is 5.02 Å². The summed E-state index contributed by atoms with van der Waals surface area (Å²) in [5.74, 6) is 0.0553. The summed E-state index contributed by atoms with van der Waals surface area (Å²) in [6.45, 7) is 4.49. The summed E-state index contributed by atoms with van der Waals surface area (Å²) in [6, 6.07) is 3.69. The van der Waals surface area contributed by atoms with Crippen molar-refractivity contribution in [3.05, 3.63) is 23.4 Å². The fraction of sp³-hybridized carbons (Fsp3) is 0.611. The van der Waals surface area contributed by atoms with Gasteiger partial charge in [0.2, 0.25) is 0 Å². The molecule has 1 aliphatic rings. The second-order valence-electron chi connectivity index (χ2n) is 6.41. The average Bonchev–Trinajstić information content (AvgIpc) is 2.61. The number of carbonyl (C=O) groups excluding carboxylic acids is 2. The van der Waals surface area contributed by atoms with Crippen LogP contribution in [0.5, 0.6) is 0 Å². The lowest BCUT2D eigenvalue weighted by atomic mass is 9.99. The minimum Gasteiger partial charge on any atom is -0.451 e. The number of aromatic nitrogens is 1. The van der Waals surface area contributed by atoms with E-state index in [2.05, 4.69) is 11.9 Å². The fourth-order valence-corrected chi connectivity index (χ4v) is 3.21. The SMILES string of the molecule is CC[C@H]1CCCCN1C(=O)[C@H](C)OC(=O)CN(C)c1ccc(Cl)cn1.